The first-order chi connectivity index (χ1) is 17.4. The standard InChI is InChI=1S/C25H33N9O2.2ClH/c1-15-21(26)25(14-36-15)6-8-33(9-7-25)19-13-28-20-22(29-19)30-31-23(20)34-11-10-32(3)18-12-16(24(35)27-2)4-5-17(18)34;;/h4-5,12-13,15,21H,6-11,14,26H2,1-3H3,(H,27,35)(H,29,30,31);2*1H/t15-,21+;;/m0../s1. The molecular weight excluding hydrogens is 529 g/mol. The van der Waals surface area contributed by atoms with Gasteiger partial charge in [-0.2, -0.15) is 5.10 Å². The van der Waals surface area contributed by atoms with Crippen molar-refractivity contribution in [3.8, 4) is 0 Å². The molecule has 1 amide bonds. The van der Waals surface area contributed by atoms with E-state index in [1.807, 2.05) is 31.4 Å². The summed E-state index contributed by atoms with van der Waals surface area (Å²) in [6.45, 7) is 6.12. The highest BCUT2D eigenvalue weighted by Crippen LogP contribution is 2.42. The number of nitrogens with one attached hydrogen (secondary N) is 2. The molecule has 206 valence electrons. The molecule has 0 bridgehead atoms. The second-order valence-corrected chi connectivity index (χ2v) is 10.2. The van der Waals surface area contributed by atoms with E-state index >= 15 is 0 Å². The number of likely N-dealkylation sites (N-methyl/N-ethyl adjacent to an activating group) is 1. The zero-order valence-corrected chi connectivity index (χ0v) is 23.4. The summed E-state index contributed by atoms with van der Waals surface area (Å²) < 4.78 is 5.86. The number of benzene rings is 1. The number of aromatic amines is 1. The van der Waals surface area contributed by atoms with Crippen molar-refractivity contribution in [3.63, 3.8) is 0 Å². The van der Waals surface area contributed by atoms with E-state index < -0.39 is 0 Å². The van der Waals surface area contributed by atoms with E-state index in [0.29, 0.717) is 11.2 Å². The maximum Gasteiger partial charge on any atom is 0.251 e. The van der Waals surface area contributed by atoms with Gasteiger partial charge in [0.2, 0.25) is 0 Å². The summed E-state index contributed by atoms with van der Waals surface area (Å²) in [5.74, 6) is 1.49. The number of carbonyl (C=O) groups excluding carboxylic acids is 1. The number of carbonyl (C=O) groups is 1. The van der Waals surface area contributed by atoms with Crippen molar-refractivity contribution < 1.29 is 9.53 Å². The summed E-state index contributed by atoms with van der Waals surface area (Å²) in [6.07, 6.45) is 3.94. The van der Waals surface area contributed by atoms with Crippen LogP contribution in [-0.2, 0) is 4.74 Å². The number of H-pyrrole nitrogens is 1. The number of nitrogens with zero attached hydrogens (tertiary/aromatic N) is 6. The summed E-state index contributed by atoms with van der Waals surface area (Å²) in [5.41, 5.74) is 10.5. The lowest BCUT2D eigenvalue weighted by atomic mass is 9.73. The van der Waals surface area contributed by atoms with Crippen molar-refractivity contribution in [3.05, 3.63) is 30.0 Å². The topological polar surface area (TPSA) is 129 Å². The minimum absolute atomic E-state index is 0. The molecule has 3 aliphatic rings. The molecule has 2 fully saturated rings. The zero-order chi connectivity index (χ0) is 25.0. The molecule has 38 heavy (non-hydrogen) atoms. The number of ether oxygens (including phenoxy) is 1. The average molecular weight is 565 g/mol. The van der Waals surface area contributed by atoms with Crippen molar-refractivity contribution in [2.75, 3.05) is 61.6 Å². The monoisotopic (exact) mass is 563 g/mol. The molecule has 3 aromatic rings. The Morgan fingerprint density at radius 2 is 1.95 bits per heavy atom. The highest BCUT2D eigenvalue weighted by Gasteiger charge is 2.47. The predicted molar refractivity (Wildman–Crippen MR) is 154 cm³/mol. The van der Waals surface area contributed by atoms with Crippen molar-refractivity contribution in [2.45, 2.75) is 31.9 Å². The Bertz CT molecular complexity index is 1310. The Morgan fingerprint density at radius 3 is 2.63 bits per heavy atom. The Morgan fingerprint density at radius 1 is 1.18 bits per heavy atom. The van der Waals surface area contributed by atoms with Crippen molar-refractivity contribution >= 4 is 64.9 Å². The molecule has 4 N–H and O–H groups in total. The third kappa shape index (κ3) is 4.51. The number of halogens is 2. The van der Waals surface area contributed by atoms with Crippen LogP contribution in [0.2, 0.25) is 0 Å². The van der Waals surface area contributed by atoms with E-state index in [-0.39, 0.29) is 48.3 Å². The van der Waals surface area contributed by atoms with Gasteiger partial charge in [-0.15, -0.1) is 24.8 Å². The Balaban J connectivity index is 0.00000168. The smallest absolute Gasteiger partial charge is 0.251 e. The van der Waals surface area contributed by atoms with E-state index in [2.05, 4.69) is 37.1 Å². The van der Waals surface area contributed by atoms with Gasteiger partial charge < -0.3 is 30.5 Å². The first-order valence-corrected chi connectivity index (χ1v) is 12.6. The molecule has 0 saturated carbocycles. The number of anilines is 4. The van der Waals surface area contributed by atoms with E-state index in [4.69, 9.17) is 20.4 Å². The van der Waals surface area contributed by atoms with E-state index in [0.717, 1.165) is 74.2 Å². The molecule has 0 unspecified atom stereocenters. The van der Waals surface area contributed by atoms with Gasteiger partial charge in [0.15, 0.2) is 17.0 Å². The minimum atomic E-state index is -0.104. The summed E-state index contributed by atoms with van der Waals surface area (Å²) in [7, 11) is 3.67. The fraction of sp³-hybridized carbons (Fsp3) is 0.520. The second-order valence-electron chi connectivity index (χ2n) is 10.2. The number of hydrogen-bond acceptors (Lipinski definition) is 9. The van der Waals surface area contributed by atoms with Gasteiger partial charge in [-0.1, -0.05) is 0 Å². The van der Waals surface area contributed by atoms with Crippen LogP contribution in [-0.4, -0.2) is 85.1 Å². The van der Waals surface area contributed by atoms with Crippen LogP contribution in [0.3, 0.4) is 0 Å². The normalized spacial score (nSPS) is 22.2. The molecule has 11 nitrogen and oxygen atoms in total. The molecule has 0 radical (unpaired) electrons. The van der Waals surface area contributed by atoms with Gasteiger partial charge in [-0.3, -0.25) is 9.89 Å². The van der Waals surface area contributed by atoms with Crippen LogP contribution in [0.1, 0.15) is 30.1 Å². The van der Waals surface area contributed by atoms with Crippen LogP contribution >= 0.6 is 24.8 Å². The van der Waals surface area contributed by atoms with Crippen LogP contribution in [0.15, 0.2) is 24.4 Å². The fourth-order valence-electron chi connectivity index (χ4n) is 5.83. The second kappa shape index (κ2) is 10.7. The fourth-order valence-corrected chi connectivity index (χ4v) is 5.83. The van der Waals surface area contributed by atoms with Crippen LogP contribution in [0, 0.1) is 5.41 Å². The van der Waals surface area contributed by atoms with E-state index in [9.17, 15) is 4.79 Å². The average Bonchev–Trinajstić information content (AvgIpc) is 3.45. The molecular formula is C25H35Cl2N9O2. The van der Waals surface area contributed by atoms with Gasteiger partial charge in [0.1, 0.15) is 5.82 Å². The van der Waals surface area contributed by atoms with Gasteiger partial charge in [0, 0.05) is 57.3 Å². The molecule has 5 heterocycles. The van der Waals surface area contributed by atoms with Crippen molar-refractivity contribution in [1.29, 1.82) is 0 Å². The van der Waals surface area contributed by atoms with Crippen molar-refractivity contribution in [2.24, 2.45) is 11.1 Å². The number of piperidine rings is 1. The number of rotatable bonds is 3. The van der Waals surface area contributed by atoms with Gasteiger partial charge in [0.25, 0.3) is 5.91 Å². The highest BCUT2D eigenvalue weighted by molar-refractivity contribution is 5.98. The minimum Gasteiger partial charge on any atom is -0.376 e. The molecule has 2 aromatic heterocycles. The highest BCUT2D eigenvalue weighted by atomic mass is 35.5. The maximum atomic E-state index is 12.2. The van der Waals surface area contributed by atoms with Crippen molar-refractivity contribution in [1.82, 2.24) is 25.5 Å². The van der Waals surface area contributed by atoms with E-state index in [1.165, 1.54) is 0 Å². The predicted octanol–water partition coefficient (Wildman–Crippen LogP) is 2.48. The Hall–Kier alpha value is -2.86. The molecule has 1 spiro atoms. The molecule has 2 saturated heterocycles. The number of amides is 1. The van der Waals surface area contributed by atoms with Gasteiger partial charge in [-0.05, 0) is 38.0 Å². The maximum absolute atomic E-state index is 12.2. The third-order valence-electron chi connectivity index (χ3n) is 8.25. The van der Waals surface area contributed by atoms with E-state index in [1.54, 1.807) is 7.05 Å². The van der Waals surface area contributed by atoms with Crippen LogP contribution in [0.25, 0.3) is 11.2 Å². The first-order valence-electron chi connectivity index (χ1n) is 12.6. The van der Waals surface area contributed by atoms with Crippen LogP contribution < -0.4 is 25.8 Å². The lowest BCUT2D eigenvalue weighted by Crippen LogP contribution is -2.50. The quantitative estimate of drug-likeness (QED) is 0.440. The molecule has 0 aliphatic carbocycles. The summed E-state index contributed by atoms with van der Waals surface area (Å²) in [6, 6.07) is 5.82. The summed E-state index contributed by atoms with van der Waals surface area (Å²) in [5, 5.41) is 10.4. The molecule has 6 rings (SSSR count). The first kappa shape index (κ1) is 28.2. The number of nitrogens with two attached hydrogens (primary N) is 1. The summed E-state index contributed by atoms with van der Waals surface area (Å²) in [4.78, 5) is 28.4. The number of hydrogen-bond donors (Lipinski definition) is 3. The van der Waals surface area contributed by atoms with Gasteiger partial charge in [0.05, 0.1) is 30.3 Å². The SMILES string of the molecule is CNC(=O)c1ccc2c(c1)N(C)CCN2c1n[nH]c2nc(N3CCC4(CC3)CO[C@@H](C)[C@H]4N)cnc12.Cl.Cl. The van der Waals surface area contributed by atoms with Gasteiger partial charge in [-0.25, -0.2) is 9.97 Å². The number of fused-ring (bicyclic) bond motifs is 2. The van der Waals surface area contributed by atoms with Gasteiger partial charge >= 0.3 is 0 Å². The largest absolute Gasteiger partial charge is 0.376 e. The molecule has 3 aliphatic heterocycles. The van der Waals surface area contributed by atoms with Crippen LogP contribution in [0.4, 0.5) is 23.0 Å². The molecule has 2 atom stereocenters. The third-order valence-corrected chi connectivity index (χ3v) is 8.25. The Labute approximate surface area is 234 Å². The number of aromatic nitrogens is 4. The summed E-state index contributed by atoms with van der Waals surface area (Å²) >= 11 is 0. The Kier molecular flexibility index (Phi) is 7.94. The molecule has 13 heteroatoms. The van der Waals surface area contributed by atoms with Crippen LogP contribution in [0.5, 0.6) is 0 Å². The zero-order valence-electron chi connectivity index (χ0n) is 21.8. The molecule has 1 aromatic carbocycles. The lowest BCUT2D eigenvalue weighted by Gasteiger charge is -2.41. The lowest BCUT2D eigenvalue weighted by molar-refractivity contribution is 0.0962.